The van der Waals surface area contributed by atoms with Crippen LogP contribution in [0.2, 0.25) is 0 Å². The Morgan fingerprint density at radius 3 is 2.50 bits per heavy atom. The summed E-state index contributed by atoms with van der Waals surface area (Å²) in [6, 6.07) is 15.1. The number of anilines is 2. The van der Waals surface area contributed by atoms with E-state index in [1.54, 1.807) is 5.48 Å². The fourth-order valence-electron chi connectivity index (χ4n) is 4.18. The van der Waals surface area contributed by atoms with E-state index in [1.807, 2.05) is 14.1 Å². The highest BCUT2D eigenvalue weighted by molar-refractivity contribution is 5.93. The van der Waals surface area contributed by atoms with Gasteiger partial charge in [-0.3, -0.25) is 10.0 Å². The van der Waals surface area contributed by atoms with E-state index in [0.29, 0.717) is 12.5 Å². The molecule has 5 rings (SSSR count). The van der Waals surface area contributed by atoms with Crippen LogP contribution in [0.15, 0.2) is 54.9 Å². The van der Waals surface area contributed by atoms with Gasteiger partial charge in [0.25, 0.3) is 5.91 Å². The van der Waals surface area contributed by atoms with Crippen LogP contribution in [0.1, 0.15) is 21.6 Å². The molecule has 8 heteroatoms. The van der Waals surface area contributed by atoms with Gasteiger partial charge in [-0.1, -0.05) is 18.2 Å². The van der Waals surface area contributed by atoms with Crippen LogP contribution in [0.4, 0.5) is 11.6 Å². The Labute approximate surface area is 185 Å². The average molecular weight is 428 g/mol. The molecule has 2 aromatic carbocycles. The first-order valence-corrected chi connectivity index (χ1v) is 10.5. The predicted molar refractivity (Wildman–Crippen MR) is 124 cm³/mol. The summed E-state index contributed by atoms with van der Waals surface area (Å²) in [5, 5.41) is 9.97. The van der Waals surface area contributed by atoms with Crippen molar-refractivity contribution in [3.63, 3.8) is 0 Å². The van der Waals surface area contributed by atoms with Crippen LogP contribution in [0.25, 0.3) is 22.0 Å². The minimum Gasteiger partial charge on any atom is -0.378 e. The molecule has 0 fully saturated rings. The van der Waals surface area contributed by atoms with Gasteiger partial charge < -0.3 is 14.8 Å². The average Bonchev–Trinajstić information content (AvgIpc) is 3.21. The lowest BCUT2D eigenvalue weighted by atomic mass is 10.00. The van der Waals surface area contributed by atoms with Crippen molar-refractivity contribution in [1.29, 1.82) is 0 Å². The van der Waals surface area contributed by atoms with Crippen LogP contribution < -0.4 is 15.3 Å². The molecule has 1 aliphatic rings. The number of fused-ring (bicyclic) bond motifs is 3. The third kappa shape index (κ3) is 3.54. The zero-order valence-electron chi connectivity index (χ0n) is 18.0. The standard InChI is InChI=1S/C24H24N6O2/c1-29(2)18-6-3-15(4-7-18)16-5-8-21-19(11-16)20-14-30(10-9-22(20)27-21)24-25-12-17(13-26-24)23(31)28-32/h3-8,11-13,27,32H,9-10,14H2,1-2H3,(H,28,31). The number of carbonyl (C=O) groups excluding carboxylic acids is 1. The Bertz CT molecular complexity index is 1280. The maximum Gasteiger partial charge on any atom is 0.277 e. The zero-order chi connectivity index (χ0) is 22.2. The van der Waals surface area contributed by atoms with E-state index in [4.69, 9.17) is 5.21 Å². The Hall–Kier alpha value is -3.91. The molecule has 3 N–H and O–H groups in total. The van der Waals surface area contributed by atoms with Crippen LogP contribution in [0, 0.1) is 0 Å². The Kier molecular flexibility index (Phi) is 4.99. The van der Waals surface area contributed by atoms with Crippen molar-refractivity contribution >= 4 is 28.4 Å². The van der Waals surface area contributed by atoms with Gasteiger partial charge >= 0.3 is 0 Å². The molecule has 8 nitrogen and oxygen atoms in total. The molecule has 0 radical (unpaired) electrons. The molecule has 0 saturated heterocycles. The monoisotopic (exact) mass is 428 g/mol. The van der Waals surface area contributed by atoms with Gasteiger partial charge in [-0.15, -0.1) is 0 Å². The molecule has 3 heterocycles. The predicted octanol–water partition coefficient (Wildman–Crippen LogP) is 3.37. The lowest BCUT2D eigenvalue weighted by Crippen LogP contribution is -2.31. The van der Waals surface area contributed by atoms with Crippen LogP contribution in [-0.4, -0.2) is 46.7 Å². The Balaban J connectivity index is 1.45. The molecular formula is C24H24N6O2. The Morgan fingerprint density at radius 2 is 1.81 bits per heavy atom. The molecule has 4 aromatic rings. The fourth-order valence-corrected chi connectivity index (χ4v) is 4.18. The molecule has 0 aliphatic carbocycles. The molecule has 162 valence electrons. The van der Waals surface area contributed by atoms with Crippen molar-refractivity contribution < 1.29 is 10.0 Å². The van der Waals surface area contributed by atoms with Gasteiger partial charge in [-0.25, -0.2) is 15.4 Å². The lowest BCUT2D eigenvalue weighted by molar-refractivity contribution is 0.0705. The number of hydrogen-bond donors (Lipinski definition) is 3. The largest absolute Gasteiger partial charge is 0.378 e. The molecule has 0 unspecified atom stereocenters. The van der Waals surface area contributed by atoms with Crippen molar-refractivity contribution in [2.75, 3.05) is 30.4 Å². The first-order valence-electron chi connectivity index (χ1n) is 10.5. The normalized spacial score (nSPS) is 13.2. The molecular weight excluding hydrogens is 404 g/mol. The maximum atomic E-state index is 11.5. The van der Waals surface area contributed by atoms with Crippen molar-refractivity contribution in [2.24, 2.45) is 0 Å². The lowest BCUT2D eigenvalue weighted by Gasteiger charge is -2.27. The number of H-pyrrole nitrogens is 1. The quantitative estimate of drug-likeness (QED) is 0.341. The molecule has 0 saturated carbocycles. The molecule has 0 spiro atoms. The minimum absolute atomic E-state index is 0.214. The van der Waals surface area contributed by atoms with Gasteiger partial charge in [0.1, 0.15) is 0 Å². The van der Waals surface area contributed by atoms with Crippen LogP contribution in [-0.2, 0) is 13.0 Å². The number of carbonyl (C=O) groups is 1. The second-order valence-electron chi connectivity index (χ2n) is 8.17. The van der Waals surface area contributed by atoms with Crippen molar-refractivity contribution in [3.8, 4) is 11.1 Å². The summed E-state index contributed by atoms with van der Waals surface area (Å²) in [7, 11) is 4.08. The second-order valence-corrected chi connectivity index (χ2v) is 8.17. The summed E-state index contributed by atoms with van der Waals surface area (Å²) < 4.78 is 0. The number of rotatable bonds is 4. The summed E-state index contributed by atoms with van der Waals surface area (Å²) in [4.78, 5) is 27.9. The smallest absolute Gasteiger partial charge is 0.277 e. The van der Waals surface area contributed by atoms with Gasteiger partial charge in [0.2, 0.25) is 5.95 Å². The summed E-state index contributed by atoms with van der Waals surface area (Å²) >= 11 is 0. The summed E-state index contributed by atoms with van der Waals surface area (Å²) in [6.45, 7) is 1.47. The topological polar surface area (TPSA) is 97.4 Å². The van der Waals surface area contributed by atoms with Crippen LogP contribution >= 0.6 is 0 Å². The number of aromatic amines is 1. The van der Waals surface area contributed by atoms with Gasteiger partial charge in [-0.05, 0) is 35.4 Å². The first kappa shape index (κ1) is 20.0. The van der Waals surface area contributed by atoms with E-state index >= 15 is 0 Å². The van der Waals surface area contributed by atoms with Crippen molar-refractivity contribution in [3.05, 3.63) is 71.7 Å². The molecule has 32 heavy (non-hydrogen) atoms. The third-order valence-corrected chi connectivity index (χ3v) is 5.98. The number of amides is 1. The van der Waals surface area contributed by atoms with E-state index in [2.05, 4.69) is 67.2 Å². The summed E-state index contributed by atoms with van der Waals surface area (Å²) in [5.41, 5.74) is 8.96. The van der Waals surface area contributed by atoms with E-state index in [-0.39, 0.29) is 5.56 Å². The van der Waals surface area contributed by atoms with E-state index < -0.39 is 5.91 Å². The number of aromatic nitrogens is 3. The van der Waals surface area contributed by atoms with E-state index in [0.717, 1.165) is 18.5 Å². The molecule has 1 amide bonds. The van der Waals surface area contributed by atoms with Gasteiger partial charge in [-0.2, -0.15) is 0 Å². The van der Waals surface area contributed by atoms with Crippen molar-refractivity contribution in [1.82, 2.24) is 20.4 Å². The van der Waals surface area contributed by atoms with Crippen LogP contribution in [0.5, 0.6) is 0 Å². The molecule has 0 atom stereocenters. The van der Waals surface area contributed by atoms with Gasteiger partial charge in [0.15, 0.2) is 0 Å². The number of nitrogens with zero attached hydrogens (tertiary/aromatic N) is 4. The SMILES string of the molecule is CN(C)c1ccc(-c2ccc3[nH]c4c(c3c2)CN(c2ncc(C(=O)NO)cn2)CC4)cc1. The fraction of sp³-hybridized carbons (Fsp3) is 0.208. The van der Waals surface area contributed by atoms with E-state index in [1.165, 1.54) is 45.9 Å². The summed E-state index contributed by atoms with van der Waals surface area (Å²) in [5.74, 6) is -0.0600. The minimum atomic E-state index is -0.625. The molecule has 2 aromatic heterocycles. The zero-order valence-corrected chi connectivity index (χ0v) is 18.0. The van der Waals surface area contributed by atoms with Gasteiger partial charge in [0, 0.05) is 73.8 Å². The highest BCUT2D eigenvalue weighted by Gasteiger charge is 2.23. The number of nitrogens with one attached hydrogen (secondary N) is 2. The molecule has 0 bridgehead atoms. The second kappa shape index (κ2) is 7.97. The Morgan fingerprint density at radius 1 is 1.09 bits per heavy atom. The summed E-state index contributed by atoms with van der Waals surface area (Å²) in [6.07, 6.45) is 3.71. The first-order chi connectivity index (χ1) is 15.5. The number of hydrogen-bond acceptors (Lipinski definition) is 6. The van der Waals surface area contributed by atoms with Crippen LogP contribution in [0.3, 0.4) is 0 Å². The maximum absolute atomic E-state index is 11.5. The van der Waals surface area contributed by atoms with Gasteiger partial charge in [0.05, 0.1) is 5.56 Å². The number of benzene rings is 2. The number of hydroxylamine groups is 1. The van der Waals surface area contributed by atoms with Crippen molar-refractivity contribution in [2.45, 2.75) is 13.0 Å². The van der Waals surface area contributed by atoms with E-state index in [9.17, 15) is 4.79 Å². The highest BCUT2D eigenvalue weighted by atomic mass is 16.5. The third-order valence-electron chi connectivity index (χ3n) is 5.98. The molecule has 1 aliphatic heterocycles. The highest BCUT2D eigenvalue weighted by Crippen LogP contribution is 2.32.